The maximum absolute atomic E-state index is 12.5. The summed E-state index contributed by atoms with van der Waals surface area (Å²) >= 11 is 0. The van der Waals surface area contributed by atoms with Crippen LogP contribution in [0.1, 0.15) is 40.5 Å². The van der Waals surface area contributed by atoms with Crippen LogP contribution in [-0.2, 0) is 14.8 Å². The Balaban J connectivity index is 2.98. The summed E-state index contributed by atoms with van der Waals surface area (Å²) in [4.78, 5) is 12.2. The van der Waals surface area contributed by atoms with E-state index in [1.807, 2.05) is 13.8 Å². The lowest BCUT2D eigenvalue weighted by molar-refractivity contribution is -0.119. The molecule has 1 N–H and O–H groups in total. The van der Waals surface area contributed by atoms with Gasteiger partial charge in [0.05, 0.1) is 4.90 Å². The predicted octanol–water partition coefficient (Wildman–Crippen LogP) is 3.09. The first-order chi connectivity index (χ1) is 10.4. The second-order valence-corrected chi connectivity index (χ2v) is 7.23. The summed E-state index contributed by atoms with van der Waals surface area (Å²) in [6.45, 7) is 8.35. The summed E-state index contributed by atoms with van der Waals surface area (Å²) in [7, 11) is -3.51. The molecular formula is C16H26N2O3S. The highest BCUT2D eigenvalue weighted by Crippen LogP contribution is 2.20. The summed E-state index contributed by atoms with van der Waals surface area (Å²) in [6.07, 6.45) is 1.74. The average molecular weight is 326 g/mol. The molecule has 5 nitrogen and oxygen atoms in total. The van der Waals surface area contributed by atoms with Crippen molar-refractivity contribution in [3.8, 4) is 0 Å². The van der Waals surface area contributed by atoms with E-state index in [4.69, 9.17) is 0 Å². The number of carbonyl (C=O) groups is 1. The fourth-order valence-corrected chi connectivity index (χ4v) is 3.78. The Morgan fingerprint density at radius 3 is 2.41 bits per heavy atom. The summed E-state index contributed by atoms with van der Waals surface area (Å²) in [5.74, 6) is -0.174. The summed E-state index contributed by atoms with van der Waals surface area (Å²) in [6, 6.07) is 6.43. The highest BCUT2D eigenvalue weighted by atomic mass is 32.2. The van der Waals surface area contributed by atoms with E-state index in [0.29, 0.717) is 18.8 Å². The molecule has 0 aliphatic heterocycles. The second kappa shape index (κ2) is 8.29. The van der Waals surface area contributed by atoms with E-state index in [2.05, 4.69) is 5.32 Å². The van der Waals surface area contributed by atoms with Crippen LogP contribution in [-0.4, -0.2) is 31.7 Å². The number of nitrogens with one attached hydrogen (secondary N) is 1. The maximum atomic E-state index is 12.5. The van der Waals surface area contributed by atoms with Crippen LogP contribution < -0.4 is 5.32 Å². The normalized spacial score (nSPS) is 13.1. The van der Waals surface area contributed by atoms with Gasteiger partial charge < -0.3 is 5.32 Å². The number of hydrogen-bond acceptors (Lipinski definition) is 3. The molecule has 0 heterocycles. The molecule has 0 saturated heterocycles. The minimum atomic E-state index is -3.51. The molecule has 6 heteroatoms. The van der Waals surface area contributed by atoms with Gasteiger partial charge in [-0.05, 0) is 24.6 Å². The first-order valence-corrected chi connectivity index (χ1v) is 9.21. The minimum Gasteiger partial charge on any atom is -0.326 e. The van der Waals surface area contributed by atoms with E-state index >= 15 is 0 Å². The molecule has 0 fully saturated rings. The van der Waals surface area contributed by atoms with Crippen molar-refractivity contribution in [1.29, 1.82) is 0 Å². The van der Waals surface area contributed by atoms with Gasteiger partial charge in [-0.1, -0.05) is 40.2 Å². The molecule has 124 valence electrons. The third-order valence-corrected chi connectivity index (χ3v) is 5.66. The zero-order valence-electron chi connectivity index (χ0n) is 13.8. The number of anilines is 1. The highest BCUT2D eigenvalue weighted by Gasteiger charge is 2.22. The van der Waals surface area contributed by atoms with Gasteiger partial charge in [-0.3, -0.25) is 4.79 Å². The summed E-state index contributed by atoms with van der Waals surface area (Å²) < 4.78 is 26.4. The van der Waals surface area contributed by atoms with Gasteiger partial charge in [-0.15, -0.1) is 0 Å². The van der Waals surface area contributed by atoms with Gasteiger partial charge in [0.15, 0.2) is 0 Å². The molecule has 1 atom stereocenters. The fraction of sp³-hybridized carbons (Fsp3) is 0.562. The second-order valence-electron chi connectivity index (χ2n) is 5.30. The van der Waals surface area contributed by atoms with E-state index in [1.165, 1.54) is 10.4 Å². The molecule has 0 aliphatic rings. The smallest absolute Gasteiger partial charge is 0.243 e. The Morgan fingerprint density at radius 2 is 1.86 bits per heavy atom. The molecule has 1 rings (SSSR count). The number of nitrogens with zero attached hydrogens (tertiary/aromatic N) is 1. The van der Waals surface area contributed by atoms with Crippen molar-refractivity contribution in [2.24, 2.45) is 5.92 Å². The van der Waals surface area contributed by atoms with Gasteiger partial charge in [0.25, 0.3) is 0 Å². The fourth-order valence-electron chi connectivity index (χ4n) is 2.28. The van der Waals surface area contributed by atoms with Crippen molar-refractivity contribution in [2.75, 3.05) is 18.4 Å². The van der Waals surface area contributed by atoms with Crippen molar-refractivity contribution >= 4 is 21.6 Å². The number of carbonyl (C=O) groups excluding carboxylic acids is 1. The van der Waals surface area contributed by atoms with Crippen molar-refractivity contribution in [2.45, 2.75) is 45.4 Å². The van der Waals surface area contributed by atoms with Gasteiger partial charge in [0.2, 0.25) is 15.9 Å². The third-order valence-electron chi connectivity index (χ3n) is 3.61. The van der Waals surface area contributed by atoms with Crippen molar-refractivity contribution in [1.82, 2.24) is 4.31 Å². The van der Waals surface area contributed by atoms with Crippen LogP contribution in [0.15, 0.2) is 29.2 Å². The van der Waals surface area contributed by atoms with Crippen molar-refractivity contribution in [3.63, 3.8) is 0 Å². The molecule has 1 amide bonds. The Morgan fingerprint density at radius 1 is 1.23 bits per heavy atom. The molecule has 1 aromatic carbocycles. The van der Waals surface area contributed by atoms with Crippen LogP contribution in [0.25, 0.3) is 0 Å². The average Bonchev–Trinajstić information content (AvgIpc) is 2.48. The minimum absolute atomic E-state index is 0.0840. The molecule has 22 heavy (non-hydrogen) atoms. The van der Waals surface area contributed by atoms with E-state index in [-0.39, 0.29) is 16.7 Å². The van der Waals surface area contributed by atoms with Crippen molar-refractivity contribution < 1.29 is 13.2 Å². The van der Waals surface area contributed by atoms with E-state index in [0.717, 1.165) is 12.8 Å². The Bertz CT molecular complexity index is 595. The zero-order chi connectivity index (χ0) is 16.8. The quantitative estimate of drug-likeness (QED) is 0.798. The van der Waals surface area contributed by atoms with Crippen LogP contribution in [0.2, 0.25) is 0 Å². The Labute approximate surface area is 133 Å². The van der Waals surface area contributed by atoms with Crippen LogP contribution in [0.4, 0.5) is 5.69 Å². The molecule has 0 saturated carbocycles. The number of hydrogen-bond donors (Lipinski definition) is 1. The van der Waals surface area contributed by atoms with Gasteiger partial charge in [-0.25, -0.2) is 8.42 Å². The molecular weight excluding hydrogens is 300 g/mol. The number of rotatable bonds is 8. The lowest BCUT2D eigenvalue weighted by Gasteiger charge is -2.19. The van der Waals surface area contributed by atoms with Crippen molar-refractivity contribution in [3.05, 3.63) is 24.3 Å². The van der Waals surface area contributed by atoms with Crippen LogP contribution in [0.3, 0.4) is 0 Å². The van der Waals surface area contributed by atoms with Gasteiger partial charge in [0.1, 0.15) is 0 Å². The Kier molecular flexibility index (Phi) is 7.03. The lowest BCUT2D eigenvalue weighted by atomic mass is 10.1. The van der Waals surface area contributed by atoms with Crippen LogP contribution in [0, 0.1) is 5.92 Å². The van der Waals surface area contributed by atoms with E-state index in [9.17, 15) is 13.2 Å². The highest BCUT2D eigenvalue weighted by molar-refractivity contribution is 7.89. The molecule has 0 aliphatic carbocycles. The van der Waals surface area contributed by atoms with Crippen LogP contribution in [0.5, 0.6) is 0 Å². The number of amides is 1. The van der Waals surface area contributed by atoms with Gasteiger partial charge >= 0.3 is 0 Å². The van der Waals surface area contributed by atoms with Crippen LogP contribution >= 0.6 is 0 Å². The number of benzene rings is 1. The zero-order valence-corrected chi connectivity index (χ0v) is 14.6. The first-order valence-electron chi connectivity index (χ1n) is 7.77. The lowest BCUT2D eigenvalue weighted by Crippen LogP contribution is -2.30. The standard InChI is InChI=1S/C16H26N2O3S/c1-5-9-13(4)16(19)17-14-10-8-11-15(12-14)22(20,21)18(6-2)7-3/h8,10-13H,5-7,9H2,1-4H3,(H,17,19)/t13-/m0/s1. The topological polar surface area (TPSA) is 66.5 Å². The summed E-state index contributed by atoms with van der Waals surface area (Å²) in [5.41, 5.74) is 0.515. The molecule has 1 aromatic rings. The van der Waals surface area contributed by atoms with Gasteiger partial charge in [-0.2, -0.15) is 4.31 Å². The predicted molar refractivity (Wildman–Crippen MR) is 89.3 cm³/mol. The number of sulfonamides is 1. The third kappa shape index (κ3) is 4.55. The molecule has 0 spiro atoms. The molecule has 0 bridgehead atoms. The molecule has 0 radical (unpaired) electrons. The monoisotopic (exact) mass is 326 g/mol. The van der Waals surface area contributed by atoms with Gasteiger partial charge in [0, 0.05) is 24.7 Å². The largest absolute Gasteiger partial charge is 0.326 e. The summed E-state index contributed by atoms with van der Waals surface area (Å²) in [5, 5.41) is 2.79. The SMILES string of the molecule is CCC[C@H](C)C(=O)Nc1cccc(S(=O)(=O)N(CC)CC)c1. The molecule has 0 aromatic heterocycles. The van der Waals surface area contributed by atoms with E-state index in [1.54, 1.807) is 32.0 Å². The Hall–Kier alpha value is -1.40. The first kappa shape index (κ1) is 18.6. The molecule has 0 unspecified atom stereocenters. The van der Waals surface area contributed by atoms with E-state index < -0.39 is 10.0 Å². The maximum Gasteiger partial charge on any atom is 0.243 e.